The van der Waals surface area contributed by atoms with Gasteiger partial charge in [-0.15, -0.1) is 0 Å². The molecular weight excluding hydrogens is 286 g/mol. The molecule has 1 amide bonds. The van der Waals surface area contributed by atoms with Gasteiger partial charge in [0.1, 0.15) is 0 Å². The fraction of sp³-hybridized carbons (Fsp3) is 0.429. The molecule has 0 unspecified atom stereocenters. The molecule has 0 aliphatic carbocycles. The van der Waals surface area contributed by atoms with E-state index in [1.807, 2.05) is 4.90 Å². The largest absolute Gasteiger partial charge is 0.337 e. The number of hydrogen-bond acceptors (Lipinski definition) is 5. The normalized spacial score (nSPS) is 23.9. The van der Waals surface area contributed by atoms with E-state index in [1.54, 1.807) is 6.07 Å². The Morgan fingerprint density at radius 1 is 1.32 bits per heavy atom. The van der Waals surface area contributed by atoms with Crippen molar-refractivity contribution in [2.24, 2.45) is 11.8 Å². The number of carbonyl (C=O) groups is 1. The maximum Gasteiger partial charge on any atom is 0.275 e. The lowest BCUT2D eigenvalue weighted by Gasteiger charge is -2.16. The summed E-state index contributed by atoms with van der Waals surface area (Å²) < 4.78 is 0. The number of fused-ring (bicyclic) bond motifs is 2. The Kier molecular flexibility index (Phi) is 2.86. The number of nitrogens with zero attached hydrogens (tertiary/aromatic N) is 3. The van der Waals surface area contributed by atoms with Crippen LogP contribution in [0.1, 0.15) is 10.5 Å². The summed E-state index contributed by atoms with van der Waals surface area (Å²) in [5.41, 5.74) is 0.868. The molecule has 114 valence electrons. The zero-order valence-electron chi connectivity index (χ0n) is 11.8. The summed E-state index contributed by atoms with van der Waals surface area (Å²) in [5, 5.41) is 21.6. The van der Waals surface area contributed by atoms with Crippen molar-refractivity contribution in [1.82, 2.24) is 20.4 Å². The van der Waals surface area contributed by atoms with Crippen molar-refractivity contribution in [2.75, 3.05) is 26.2 Å². The van der Waals surface area contributed by atoms with Crippen LogP contribution in [-0.2, 0) is 0 Å². The molecule has 2 aromatic rings. The number of nitrogens with one attached hydrogen (secondary N) is 2. The van der Waals surface area contributed by atoms with Crippen molar-refractivity contribution in [3.63, 3.8) is 0 Å². The van der Waals surface area contributed by atoms with E-state index in [-0.39, 0.29) is 17.3 Å². The van der Waals surface area contributed by atoms with Crippen LogP contribution in [0.4, 0.5) is 5.69 Å². The van der Waals surface area contributed by atoms with Crippen LogP contribution < -0.4 is 5.32 Å². The zero-order chi connectivity index (χ0) is 15.3. The molecular formula is C14H15N5O3. The molecule has 0 bridgehead atoms. The SMILES string of the molecule is O=C(c1n[nH]c2ccc([N+](=O)[O-])cc12)N1C[C@H]2CNC[C@H]2C1. The third kappa shape index (κ3) is 1.95. The first-order valence-corrected chi connectivity index (χ1v) is 7.26. The lowest BCUT2D eigenvalue weighted by molar-refractivity contribution is -0.384. The summed E-state index contributed by atoms with van der Waals surface area (Å²) in [5.74, 6) is 0.855. The van der Waals surface area contributed by atoms with Crippen molar-refractivity contribution in [3.8, 4) is 0 Å². The number of nitro groups is 1. The Balaban J connectivity index is 1.67. The molecule has 2 aliphatic heterocycles. The van der Waals surface area contributed by atoms with Gasteiger partial charge in [-0.1, -0.05) is 0 Å². The van der Waals surface area contributed by atoms with Crippen molar-refractivity contribution in [2.45, 2.75) is 0 Å². The Labute approximate surface area is 125 Å². The highest BCUT2D eigenvalue weighted by atomic mass is 16.6. The first-order chi connectivity index (χ1) is 10.6. The average molecular weight is 301 g/mol. The zero-order valence-corrected chi connectivity index (χ0v) is 11.8. The van der Waals surface area contributed by atoms with Crippen LogP contribution >= 0.6 is 0 Å². The van der Waals surface area contributed by atoms with Gasteiger partial charge in [0.05, 0.1) is 10.4 Å². The number of H-pyrrole nitrogens is 1. The second kappa shape index (κ2) is 4.77. The Hall–Kier alpha value is -2.48. The third-order valence-corrected chi connectivity index (χ3v) is 4.64. The molecule has 2 fully saturated rings. The van der Waals surface area contributed by atoms with Crippen LogP contribution in [0.5, 0.6) is 0 Å². The van der Waals surface area contributed by atoms with Gasteiger partial charge in [-0.3, -0.25) is 20.0 Å². The van der Waals surface area contributed by atoms with Crippen molar-refractivity contribution >= 4 is 22.5 Å². The minimum Gasteiger partial charge on any atom is -0.337 e. The van der Waals surface area contributed by atoms with E-state index in [9.17, 15) is 14.9 Å². The van der Waals surface area contributed by atoms with Crippen LogP contribution in [-0.4, -0.2) is 52.1 Å². The van der Waals surface area contributed by atoms with Gasteiger partial charge in [0.15, 0.2) is 5.69 Å². The molecule has 1 aromatic carbocycles. The van der Waals surface area contributed by atoms with Gasteiger partial charge in [-0.05, 0) is 17.9 Å². The predicted octanol–water partition coefficient (Wildman–Crippen LogP) is 0.762. The van der Waals surface area contributed by atoms with Gasteiger partial charge in [0.25, 0.3) is 11.6 Å². The number of carbonyl (C=O) groups excluding carboxylic acids is 1. The van der Waals surface area contributed by atoms with Crippen molar-refractivity contribution in [3.05, 3.63) is 34.0 Å². The molecule has 2 atom stereocenters. The van der Waals surface area contributed by atoms with Gasteiger partial charge in [-0.25, -0.2) is 0 Å². The van der Waals surface area contributed by atoms with Crippen LogP contribution in [0.2, 0.25) is 0 Å². The second-order valence-electron chi connectivity index (χ2n) is 5.95. The molecule has 8 nitrogen and oxygen atoms in total. The number of benzene rings is 1. The van der Waals surface area contributed by atoms with E-state index >= 15 is 0 Å². The van der Waals surface area contributed by atoms with Crippen LogP contribution in [0.25, 0.3) is 10.9 Å². The van der Waals surface area contributed by atoms with Crippen LogP contribution in [0.3, 0.4) is 0 Å². The highest BCUT2D eigenvalue weighted by molar-refractivity contribution is 6.05. The molecule has 3 heterocycles. The van der Waals surface area contributed by atoms with E-state index in [0.717, 1.165) is 26.2 Å². The number of aromatic nitrogens is 2. The summed E-state index contributed by atoms with van der Waals surface area (Å²) in [6.07, 6.45) is 0. The van der Waals surface area contributed by atoms with Crippen LogP contribution in [0, 0.1) is 22.0 Å². The fourth-order valence-corrected chi connectivity index (χ4v) is 3.45. The van der Waals surface area contributed by atoms with Crippen LogP contribution in [0.15, 0.2) is 18.2 Å². The number of nitro benzene ring substituents is 1. The average Bonchev–Trinajstić information content (AvgIpc) is 3.19. The standard InChI is InChI=1S/C14H15N5O3/c20-14(18-6-8-4-15-5-9(8)7-18)13-11-3-10(19(21)22)1-2-12(11)16-17-13/h1-3,8-9,15H,4-7H2,(H,16,17)/t8-,9+. The van der Waals surface area contributed by atoms with E-state index in [2.05, 4.69) is 15.5 Å². The lowest BCUT2D eigenvalue weighted by atomic mass is 10.0. The molecule has 0 saturated carbocycles. The summed E-state index contributed by atoms with van der Waals surface area (Å²) in [7, 11) is 0. The fourth-order valence-electron chi connectivity index (χ4n) is 3.45. The van der Waals surface area contributed by atoms with E-state index in [1.165, 1.54) is 12.1 Å². The molecule has 8 heteroatoms. The Morgan fingerprint density at radius 3 is 2.73 bits per heavy atom. The first kappa shape index (κ1) is 13.2. The van der Waals surface area contributed by atoms with E-state index in [4.69, 9.17) is 0 Å². The van der Waals surface area contributed by atoms with Gasteiger partial charge in [-0.2, -0.15) is 5.10 Å². The number of likely N-dealkylation sites (tertiary alicyclic amines) is 1. The molecule has 2 N–H and O–H groups in total. The van der Waals surface area contributed by atoms with Crippen molar-refractivity contribution < 1.29 is 9.72 Å². The topological polar surface area (TPSA) is 104 Å². The minimum absolute atomic E-state index is 0.0366. The third-order valence-electron chi connectivity index (χ3n) is 4.64. The maximum absolute atomic E-state index is 12.7. The first-order valence-electron chi connectivity index (χ1n) is 7.26. The minimum atomic E-state index is -0.466. The number of amides is 1. The summed E-state index contributed by atoms with van der Waals surface area (Å²) in [6.45, 7) is 3.34. The summed E-state index contributed by atoms with van der Waals surface area (Å²) in [4.78, 5) is 24.9. The summed E-state index contributed by atoms with van der Waals surface area (Å²) >= 11 is 0. The van der Waals surface area contributed by atoms with Gasteiger partial charge >= 0.3 is 0 Å². The predicted molar refractivity (Wildman–Crippen MR) is 78.5 cm³/mol. The van der Waals surface area contributed by atoms with Gasteiger partial charge in [0.2, 0.25) is 0 Å². The molecule has 0 radical (unpaired) electrons. The van der Waals surface area contributed by atoms with E-state index < -0.39 is 4.92 Å². The molecule has 2 saturated heterocycles. The number of aromatic amines is 1. The quantitative estimate of drug-likeness (QED) is 0.629. The molecule has 0 spiro atoms. The summed E-state index contributed by atoms with van der Waals surface area (Å²) in [6, 6.07) is 4.39. The smallest absolute Gasteiger partial charge is 0.275 e. The van der Waals surface area contributed by atoms with Crippen molar-refractivity contribution in [1.29, 1.82) is 0 Å². The number of hydrogen-bond donors (Lipinski definition) is 2. The van der Waals surface area contributed by atoms with Gasteiger partial charge in [0, 0.05) is 43.7 Å². The maximum atomic E-state index is 12.7. The Morgan fingerprint density at radius 2 is 2.05 bits per heavy atom. The number of rotatable bonds is 2. The molecule has 2 aliphatic rings. The molecule has 22 heavy (non-hydrogen) atoms. The number of non-ortho nitro benzene ring substituents is 1. The monoisotopic (exact) mass is 301 g/mol. The van der Waals surface area contributed by atoms with E-state index in [0.29, 0.717) is 22.7 Å². The lowest BCUT2D eigenvalue weighted by Crippen LogP contribution is -2.32. The Bertz CT molecular complexity index is 759. The highest BCUT2D eigenvalue weighted by Gasteiger charge is 2.39. The highest BCUT2D eigenvalue weighted by Crippen LogP contribution is 2.29. The molecule has 4 rings (SSSR count). The second-order valence-corrected chi connectivity index (χ2v) is 5.95. The van der Waals surface area contributed by atoms with Gasteiger partial charge < -0.3 is 10.2 Å². The molecule has 1 aromatic heterocycles.